The molecule has 0 radical (unpaired) electrons. The van der Waals surface area contributed by atoms with Crippen molar-refractivity contribution in [3.63, 3.8) is 0 Å². The summed E-state index contributed by atoms with van der Waals surface area (Å²) in [6.07, 6.45) is -2.07. The fourth-order valence-electron chi connectivity index (χ4n) is 0.594. The van der Waals surface area contributed by atoms with Gasteiger partial charge in [0.15, 0.2) is 0 Å². The highest BCUT2D eigenvalue weighted by molar-refractivity contribution is 5.46. The lowest BCUT2D eigenvalue weighted by Crippen LogP contribution is -1.91. The van der Waals surface area contributed by atoms with Crippen molar-refractivity contribution in [1.82, 2.24) is 0 Å². The number of hydrogen-bond acceptors (Lipinski definition) is 6. The van der Waals surface area contributed by atoms with Crippen molar-refractivity contribution in [3.8, 4) is 17.4 Å². The maximum Gasteiger partial charge on any atom is 0.330 e. The average molecular weight is 162 g/mol. The van der Waals surface area contributed by atoms with Crippen molar-refractivity contribution >= 4 is 0 Å². The molecule has 1 heterocycles. The molecule has 0 fully saturated rings. The zero-order chi connectivity index (χ0) is 8.59. The van der Waals surface area contributed by atoms with Crippen LogP contribution in [0.4, 0.5) is 0 Å². The standard InChI is InChI=1S/C5H6O6/c6-1-2(7)5(10)11-3(1)4(8)9/h4,6-10H. The normalized spacial score (nSPS) is 10.8. The van der Waals surface area contributed by atoms with Gasteiger partial charge in [-0.25, -0.2) is 0 Å². The van der Waals surface area contributed by atoms with E-state index in [0.29, 0.717) is 0 Å². The Labute approximate surface area is 60.6 Å². The van der Waals surface area contributed by atoms with Crippen LogP contribution < -0.4 is 0 Å². The van der Waals surface area contributed by atoms with E-state index in [0.717, 1.165) is 0 Å². The summed E-state index contributed by atoms with van der Waals surface area (Å²) >= 11 is 0. The van der Waals surface area contributed by atoms with Crippen molar-refractivity contribution in [1.29, 1.82) is 0 Å². The maximum absolute atomic E-state index is 8.77. The smallest absolute Gasteiger partial charge is 0.330 e. The van der Waals surface area contributed by atoms with E-state index in [4.69, 9.17) is 25.5 Å². The van der Waals surface area contributed by atoms with E-state index in [1.807, 2.05) is 0 Å². The average Bonchev–Trinajstić information content (AvgIpc) is 2.17. The molecule has 6 nitrogen and oxygen atoms in total. The summed E-state index contributed by atoms with van der Waals surface area (Å²) in [4.78, 5) is 0. The minimum Gasteiger partial charge on any atom is -0.502 e. The molecule has 0 amide bonds. The van der Waals surface area contributed by atoms with E-state index in [2.05, 4.69) is 4.42 Å². The van der Waals surface area contributed by atoms with Crippen molar-refractivity contribution < 1.29 is 29.9 Å². The Morgan fingerprint density at radius 1 is 1.00 bits per heavy atom. The molecule has 0 bridgehead atoms. The minimum atomic E-state index is -2.07. The first kappa shape index (κ1) is 7.70. The van der Waals surface area contributed by atoms with Gasteiger partial charge in [-0.2, -0.15) is 0 Å². The molecule has 5 N–H and O–H groups in total. The third-order valence-corrected chi connectivity index (χ3v) is 1.10. The summed E-state index contributed by atoms with van der Waals surface area (Å²) in [7, 11) is 0. The van der Waals surface area contributed by atoms with Gasteiger partial charge in [0, 0.05) is 0 Å². The van der Waals surface area contributed by atoms with Crippen LogP contribution in [0.2, 0.25) is 0 Å². The summed E-state index contributed by atoms with van der Waals surface area (Å²) in [5.74, 6) is -3.43. The third-order valence-electron chi connectivity index (χ3n) is 1.10. The molecule has 0 aliphatic heterocycles. The second-order valence-corrected chi connectivity index (χ2v) is 1.84. The van der Waals surface area contributed by atoms with Gasteiger partial charge in [0.1, 0.15) is 0 Å². The predicted molar refractivity (Wildman–Crippen MR) is 30.9 cm³/mol. The molecule has 0 unspecified atom stereocenters. The summed E-state index contributed by atoms with van der Waals surface area (Å²) in [5.41, 5.74) is 0. The lowest BCUT2D eigenvalue weighted by molar-refractivity contribution is -0.0610. The van der Waals surface area contributed by atoms with Crippen molar-refractivity contribution in [2.24, 2.45) is 0 Å². The van der Waals surface area contributed by atoms with Gasteiger partial charge in [-0.15, -0.1) is 0 Å². The first-order valence-electron chi connectivity index (χ1n) is 2.63. The van der Waals surface area contributed by atoms with Crippen molar-refractivity contribution in [2.75, 3.05) is 0 Å². The van der Waals surface area contributed by atoms with Gasteiger partial charge in [0.05, 0.1) is 0 Å². The van der Waals surface area contributed by atoms with Crippen LogP contribution in [-0.2, 0) is 0 Å². The Kier molecular flexibility index (Phi) is 1.63. The maximum atomic E-state index is 8.77. The Morgan fingerprint density at radius 2 is 1.55 bits per heavy atom. The van der Waals surface area contributed by atoms with Crippen LogP contribution in [-0.4, -0.2) is 25.5 Å². The predicted octanol–water partition coefficient (Wildman–Crippen LogP) is -0.620. The van der Waals surface area contributed by atoms with Crippen LogP contribution in [0.5, 0.6) is 17.4 Å². The van der Waals surface area contributed by atoms with Crippen molar-refractivity contribution in [3.05, 3.63) is 5.76 Å². The van der Waals surface area contributed by atoms with E-state index in [9.17, 15) is 0 Å². The lowest BCUT2D eigenvalue weighted by Gasteiger charge is -1.96. The largest absolute Gasteiger partial charge is 0.502 e. The molecule has 6 heteroatoms. The van der Waals surface area contributed by atoms with E-state index in [1.165, 1.54) is 0 Å². The van der Waals surface area contributed by atoms with Crippen LogP contribution >= 0.6 is 0 Å². The van der Waals surface area contributed by atoms with Crippen LogP contribution in [0, 0.1) is 0 Å². The molecule has 1 rings (SSSR count). The van der Waals surface area contributed by atoms with Gasteiger partial charge < -0.3 is 29.9 Å². The number of hydrogen-bond donors (Lipinski definition) is 5. The molecule has 1 aromatic rings. The molecule has 0 spiro atoms. The van der Waals surface area contributed by atoms with Crippen LogP contribution in [0.3, 0.4) is 0 Å². The fraction of sp³-hybridized carbons (Fsp3) is 0.200. The van der Waals surface area contributed by atoms with E-state index in [1.54, 1.807) is 0 Å². The van der Waals surface area contributed by atoms with E-state index in [-0.39, 0.29) is 0 Å². The number of furan rings is 1. The van der Waals surface area contributed by atoms with Crippen LogP contribution in [0.1, 0.15) is 12.1 Å². The monoisotopic (exact) mass is 162 g/mol. The molecule has 0 aliphatic carbocycles. The topological polar surface area (TPSA) is 114 Å². The summed E-state index contributed by atoms with van der Waals surface area (Å²) < 4.78 is 4.16. The Balaban J connectivity index is 3.19. The molecule has 0 atom stereocenters. The first-order chi connectivity index (χ1) is 5.04. The molecular weight excluding hydrogens is 156 g/mol. The highest BCUT2D eigenvalue weighted by Gasteiger charge is 2.22. The highest BCUT2D eigenvalue weighted by atomic mass is 16.5. The quantitative estimate of drug-likeness (QED) is 0.351. The SMILES string of the molecule is Oc1oc(C(O)O)c(O)c1O. The summed E-state index contributed by atoms with van der Waals surface area (Å²) in [6.45, 7) is 0. The number of aliphatic hydroxyl groups is 2. The van der Waals surface area contributed by atoms with Gasteiger partial charge in [0.2, 0.25) is 23.5 Å². The van der Waals surface area contributed by atoms with Gasteiger partial charge in [-0.1, -0.05) is 0 Å². The molecule has 11 heavy (non-hydrogen) atoms. The molecule has 1 aromatic heterocycles. The first-order valence-corrected chi connectivity index (χ1v) is 2.63. The Hall–Kier alpha value is -1.40. The van der Waals surface area contributed by atoms with Gasteiger partial charge in [-0.05, 0) is 0 Å². The molecule has 0 saturated carbocycles. The minimum absolute atomic E-state index is 0.694. The number of aliphatic hydroxyl groups excluding tert-OH is 1. The van der Waals surface area contributed by atoms with Gasteiger partial charge in [0.25, 0.3) is 0 Å². The third kappa shape index (κ3) is 1.08. The molecule has 62 valence electrons. The number of rotatable bonds is 1. The highest BCUT2D eigenvalue weighted by Crippen LogP contribution is 2.42. The van der Waals surface area contributed by atoms with Gasteiger partial charge >= 0.3 is 5.95 Å². The zero-order valence-corrected chi connectivity index (χ0v) is 5.22. The summed E-state index contributed by atoms with van der Waals surface area (Å²) in [6, 6.07) is 0. The van der Waals surface area contributed by atoms with Gasteiger partial charge in [-0.3, -0.25) is 0 Å². The van der Waals surface area contributed by atoms with E-state index < -0.39 is 29.5 Å². The zero-order valence-electron chi connectivity index (χ0n) is 5.22. The summed E-state index contributed by atoms with van der Waals surface area (Å²) in [5, 5.41) is 42.8. The Bertz CT molecular complexity index is 262. The molecular formula is C5H6O6. The van der Waals surface area contributed by atoms with E-state index >= 15 is 0 Å². The van der Waals surface area contributed by atoms with Crippen LogP contribution in [0.15, 0.2) is 4.42 Å². The Morgan fingerprint density at radius 3 is 1.73 bits per heavy atom. The lowest BCUT2D eigenvalue weighted by atomic mass is 10.4. The fourth-order valence-corrected chi connectivity index (χ4v) is 0.594. The second-order valence-electron chi connectivity index (χ2n) is 1.84. The van der Waals surface area contributed by atoms with Crippen LogP contribution in [0.25, 0.3) is 0 Å². The molecule has 0 aromatic carbocycles. The molecule has 0 aliphatic rings. The second kappa shape index (κ2) is 2.33. The van der Waals surface area contributed by atoms with Crippen molar-refractivity contribution in [2.45, 2.75) is 6.29 Å². The molecule has 0 saturated heterocycles. The number of aromatic hydroxyl groups is 3.